The zero-order chi connectivity index (χ0) is 19.6. The molecule has 3 rings (SSSR count). The van der Waals surface area contributed by atoms with Gasteiger partial charge < -0.3 is 10.2 Å². The summed E-state index contributed by atoms with van der Waals surface area (Å²) in [7, 11) is 0. The van der Waals surface area contributed by atoms with Crippen LogP contribution in [-0.4, -0.2) is 40.0 Å². The second-order valence-corrected chi connectivity index (χ2v) is 6.94. The number of nitrogens with zero attached hydrogens (tertiary/aromatic N) is 3. The second kappa shape index (κ2) is 7.99. The molecule has 0 radical (unpaired) electrons. The third-order valence-electron chi connectivity index (χ3n) is 4.17. The summed E-state index contributed by atoms with van der Waals surface area (Å²) in [4.78, 5) is 26.0. The molecule has 0 atom stereocenters. The molecule has 1 aromatic carbocycles. The first kappa shape index (κ1) is 19.2. The van der Waals surface area contributed by atoms with Crippen molar-refractivity contribution in [3.8, 4) is 0 Å². The maximum Gasteiger partial charge on any atom is 0.291 e. The van der Waals surface area contributed by atoms with Crippen LogP contribution in [0.3, 0.4) is 0 Å². The number of rotatable bonds is 4. The van der Waals surface area contributed by atoms with E-state index in [-0.39, 0.29) is 23.8 Å². The summed E-state index contributed by atoms with van der Waals surface area (Å²) in [5, 5.41) is 8.73. The van der Waals surface area contributed by atoms with E-state index in [2.05, 4.69) is 15.5 Å². The summed E-state index contributed by atoms with van der Waals surface area (Å²) in [5.41, 5.74) is -0.229. The molecule has 0 aliphatic carbocycles. The van der Waals surface area contributed by atoms with Crippen LogP contribution in [-0.2, 0) is 4.79 Å². The summed E-state index contributed by atoms with van der Waals surface area (Å²) in [5.74, 6) is -3.12. The number of alkyl halides is 2. The lowest BCUT2D eigenvalue weighted by molar-refractivity contribution is -0.121. The molecule has 0 unspecified atom stereocenters. The first-order valence-electron chi connectivity index (χ1n) is 8.02. The van der Waals surface area contributed by atoms with Crippen molar-refractivity contribution in [3.05, 3.63) is 40.4 Å². The van der Waals surface area contributed by atoms with Crippen LogP contribution in [0.5, 0.6) is 0 Å². The van der Waals surface area contributed by atoms with Gasteiger partial charge in [-0.05, 0) is 25.0 Å². The van der Waals surface area contributed by atoms with Crippen LogP contribution in [0.25, 0.3) is 0 Å². The van der Waals surface area contributed by atoms with E-state index in [9.17, 15) is 27.2 Å². The van der Waals surface area contributed by atoms with Crippen LogP contribution in [0.4, 0.5) is 22.7 Å². The van der Waals surface area contributed by atoms with Gasteiger partial charge in [-0.1, -0.05) is 11.3 Å². The number of benzene rings is 1. The van der Waals surface area contributed by atoms with E-state index < -0.39 is 40.8 Å². The third-order valence-corrected chi connectivity index (χ3v) is 5.02. The Morgan fingerprint density at radius 2 is 1.89 bits per heavy atom. The predicted molar refractivity (Wildman–Crippen MR) is 88.5 cm³/mol. The molecule has 1 aliphatic rings. The van der Waals surface area contributed by atoms with E-state index in [0.29, 0.717) is 30.2 Å². The fourth-order valence-electron chi connectivity index (χ4n) is 2.76. The maximum absolute atomic E-state index is 13.7. The fourth-order valence-corrected chi connectivity index (χ4v) is 3.36. The molecule has 2 aromatic rings. The highest BCUT2D eigenvalue weighted by molar-refractivity contribution is 7.15. The van der Waals surface area contributed by atoms with E-state index in [4.69, 9.17) is 0 Å². The minimum atomic E-state index is -2.76. The summed E-state index contributed by atoms with van der Waals surface area (Å²) >= 11 is 0.598. The number of carbonyl (C=O) groups excluding carboxylic acids is 2. The van der Waals surface area contributed by atoms with Gasteiger partial charge in [-0.2, -0.15) is 0 Å². The van der Waals surface area contributed by atoms with Crippen LogP contribution in [0, 0.1) is 17.6 Å². The maximum atomic E-state index is 13.7. The number of halogens is 4. The summed E-state index contributed by atoms with van der Waals surface area (Å²) in [6.07, 6.45) is -2.11. The molecule has 2 heterocycles. The van der Waals surface area contributed by atoms with Gasteiger partial charge in [-0.3, -0.25) is 9.59 Å². The summed E-state index contributed by atoms with van der Waals surface area (Å²) < 4.78 is 51.7. The van der Waals surface area contributed by atoms with Crippen molar-refractivity contribution in [2.45, 2.75) is 19.3 Å². The van der Waals surface area contributed by atoms with E-state index >= 15 is 0 Å². The highest BCUT2D eigenvalue weighted by atomic mass is 32.1. The molecular formula is C16H14F4N4O2S. The van der Waals surface area contributed by atoms with Crippen molar-refractivity contribution in [2.24, 2.45) is 5.92 Å². The number of hydrogen-bond donors (Lipinski definition) is 1. The molecule has 0 bridgehead atoms. The molecule has 2 amide bonds. The van der Waals surface area contributed by atoms with E-state index in [1.807, 2.05) is 0 Å². The number of hydrogen-bond acceptors (Lipinski definition) is 5. The molecule has 0 saturated carbocycles. The molecular weight excluding hydrogens is 388 g/mol. The van der Waals surface area contributed by atoms with E-state index in [1.54, 1.807) is 0 Å². The first-order valence-corrected chi connectivity index (χ1v) is 8.83. The SMILES string of the molecule is O=C(Nc1nnc(C(F)F)s1)C1CCN(C(=O)c2ccc(F)cc2F)CC1. The highest BCUT2D eigenvalue weighted by Gasteiger charge is 2.29. The quantitative estimate of drug-likeness (QED) is 0.797. The van der Waals surface area contributed by atoms with Crippen molar-refractivity contribution >= 4 is 28.3 Å². The van der Waals surface area contributed by atoms with Crippen molar-refractivity contribution in [3.63, 3.8) is 0 Å². The Morgan fingerprint density at radius 1 is 1.19 bits per heavy atom. The van der Waals surface area contributed by atoms with Crippen LogP contribution < -0.4 is 5.32 Å². The highest BCUT2D eigenvalue weighted by Crippen LogP contribution is 2.27. The normalized spacial score (nSPS) is 15.2. The minimum Gasteiger partial charge on any atom is -0.339 e. The van der Waals surface area contributed by atoms with Crippen molar-refractivity contribution in [1.29, 1.82) is 0 Å². The van der Waals surface area contributed by atoms with Gasteiger partial charge in [0, 0.05) is 25.1 Å². The Hall–Kier alpha value is -2.56. The number of carbonyl (C=O) groups is 2. The molecule has 27 heavy (non-hydrogen) atoms. The Balaban J connectivity index is 1.56. The van der Waals surface area contributed by atoms with Gasteiger partial charge in [0.2, 0.25) is 11.0 Å². The molecule has 1 aromatic heterocycles. The molecule has 6 nitrogen and oxygen atoms in total. The van der Waals surface area contributed by atoms with Gasteiger partial charge in [-0.15, -0.1) is 10.2 Å². The molecule has 144 valence electrons. The van der Waals surface area contributed by atoms with Crippen molar-refractivity contribution in [1.82, 2.24) is 15.1 Å². The molecule has 1 fully saturated rings. The third kappa shape index (κ3) is 4.41. The van der Waals surface area contributed by atoms with E-state index in [1.165, 1.54) is 4.90 Å². The van der Waals surface area contributed by atoms with Gasteiger partial charge in [0.05, 0.1) is 5.56 Å². The smallest absolute Gasteiger partial charge is 0.291 e. The topological polar surface area (TPSA) is 75.2 Å². The Labute approximate surface area is 155 Å². The number of piperidine rings is 1. The van der Waals surface area contributed by atoms with E-state index in [0.717, 1.165) is 12.1 Å². The van der Waals surface area contributed by atoms with Crippen LogP contribution >= 0.6 is 11.3 Å². The number of nitrogens with one attached hydrogen (secondary N) is 1. The Bertz CT molecular complexity index is 853. The Kier molecular flexibility index (Phi) is 5.68. The average Bonchev–Trinajstić information content (AvgIpc) is 3.10. The Morgan fingerprint density at radius 3 is 2.48 bits per heavy atom. The predicted octanol–water partition coefficient (Wildman–Crippen LogP) is 3.24. The van der Waals surface area contributed by atoms with Crippen molar-refractivity contribution in [2.75, 3.05) is 18.4 Å². The summed E-state index contributed by atoms with van der Waals surface area (Å²) in [6, 6.07) is 2.73. The van der Waals surface area contributed by atoms with Gasteiger partial charge in [0.1, 0.15) is 11.6 Å². The van der Waals surface area contributed by atoms with Crippen LogP contribution in [0.2, 0.25) is 0 Å². The lowest BCUT2D eigenvalue weighted by Gasteiger charge is -2.31. The molecule has 11 heteroatoms. The van der Waals surface area contributed by atoms with Gasteiger partial charge in [-0.25, -0.2) is 17.6 Å². The molecule has 1 N–H and O–H groups in total. The number of amides is 2. The van der Waals surface area contributed by atoms with Crippen LogP contribution in [0.15, 0.2) is 18.2 Å². The molecule has 1 aliphatic heterocycles. The first-order chi connectivity index (χ1) is 12.8. The molecule has 0 spiro atoms. The lowest BCUT2D eigenvalue weighted by atomic mass is 9.95. The lowest BCUT2D eigenvalue weighted by Crippen LogP contribution is -2.41. The second-order valence-electron chi connectivity index (χ2n) is 5.93. The number of likely N-dealkylation sites (tertiary alicyclic amines) is 1. The summed E-state index contributed by atoms with van der Waals surface area (Å²) in [6.45, 7) is 0.429. The standard InChI is InChI=1S/C16H14F4N4O2S/c17-9-1-2-10(11(18)7-9)15(26)24-5-3-8(4-6-24)13(25)21-16-23-22-14(27-16)12(19)20/h1-2,7-8,12H,3-6H2,(H,21,23,25). The van der Waals surface area contributed by atoms with Gasteiger partial charge in [0.25, 0.3) is 12.3 Å². The average molecular weight is 402 g/mol. The van der Waals surface area contributed by atoms with Gasteiger partial charge in [0.15, 0.2) is 5.01 Å². The van der Waals surface area contributed by atoms with Gasteiger partial charge >= 0.3 is 0 Å². The number of aromatic nitrogens is 2. The largest absolute Gasteiger partial charge is 0.339 e. The zero-order valence-corrected chi connectivity index (χ0v) is 14.6. The van der Waals surface area contributed by atoms with Crippen LogP contribution in [0.1, 0.15) is 34.6 Å². The monoisotopic (exact) mass is 402 g/mol. The number of anilines is 1. The fraction of sp³-hybridized carbons (Fsp3) is 0.375. The zero-order valence-electron chi connectivity index (χ0n) is 13.8. The van der Waals surface area contributed by atoms with Crippen molar-refractivity contribution < 1.29 is 27.2 Å². The minimum absolute atomic E-state index is 0.0119. The molecule has 1 saturated heterocycles.